The zero-order valence-electron chi connectivity index (χ0n) is 12.3. The molecule has 0 spiro atoms. The van der Waals surface area contributed by atoms with Crippen LogP contribution in [0, 0.1) is 6.92 Å². The molecular weight excluding hydrogens is 453 g/mol. The molecule has 1 saturated carbocycles. The first-order valence-corrected chi connectivity index (χ1v) is 7.83. The van der Waals surface area contributed by atoms with Crippen molar-refractivity contribution < 1.29 is 0 Å². The second kappa shape index (κ2) is 7.46. The highest BCUT2D eigenvalue weighted by molar-refractivity contribution is 14.0. The second-order valence-electron chi connectivity index (χ2n) is 5.47. The summed E-state index contributed by atoms with van der Waals surface area (Å²) in [5.41, 5.74) is 9.51. The third-order valence-electron chi connectivity index (χ3n) is 3.68. The molecule has 3 N–H and O–H groups in total. The van der Waals surface area contributed by atoms with Gasteiger partial charge in [-0.2, -0.15) is 0 Å². The van der Waals surface area contributed by atoms with Crippen LogP contribution < -0.4 is 11.1 Å². The molecule has 0 heterocycles. The number of rotatable bonds is 3. The van der Waals surface area contributed by atoms with E-state index < -0.39 is 0 Å². The largest absolute Gasteiger partial charge is 0.370 e. The van der Waals surface area contributed by atoms with Crippen LogP contribution in [-0.2, 0) is 0 Å². The highest BCUT2D eigenvalue weighted by Gasteiger charge is 2.38. The number of nitrogens with zero attached hydrogens (tertiary/aromatic N) is 1. The minimum absolute atomic E-state index is 0. The van der Waals surface area contributed by atoms with Gasteiger partial charge in [0, 0.05) is 16.1 Å². The molecule has 2 aromatic rings. The molecule has 3 nitrogen and oxygen atoms in total. The number of nitrogens with two attached hydrogens (primary N) is 1. The number of hydrogen-bond acceptors (Lipinski definition) is 1. The van der Waals surface area contributed by atoms with Crippen LogP contribution in [-0.4, -0.2) is 12.0 Å². The number of benzene rings is 2. The molecule has 22 heavy (non-hydrogen) atoms. The maximum atomic E-state index is 5.98. The van der Waals surface area contributed by atoms with Crippen molar-refractivity contribution in [3.8, 4) is 0 Å². The first-order chi connectivity index (χ1) is 10.1. The van der Waals surface area contributed by atoms with Gasteiger partial charge in [-0.1, -0.05) is 45.8 Å². The minimum Gasteiger partial charge on any atom is -0.370 e. The number of aliphatic imine (C=N–C) groups is 1. The van der Waals surface area contributed by atoms with Gasteiger partial charge in [-0.25, -0.2) is 4.99 Å². The molecule has 2 unspecified atom stereocenters. The first kappa shape index (κ1) is 17.3. The molecule has 0 aliphatic heterocycles. The molecule has 0 radical (unpaired) electrons. The van der Waals surface area contributed by atoms with Crippen molar-refractivity contribution in [2.24, 2.45) is 10.7 Å². The second-order valence-corrected chi connectivity index (χ2v) is 6.38. The Hall–Kier alpha value is -1.08. The van der Waals surface area contributed by atoms with Crippen LogP contribution in [0.4, 0.5) is 5.69 Å². The van der Waals surface area contributed by atoms with E-state index in [0.29, 0.717) is 17.9 Å². The van der Waals surface area contributed by atoms with Crippen LogP contribution >= 0.6 is 39.9 Å². The maximum Gasteiger partial charge on any atom is 0.193 e. The standard InChI is InChI=1S/C17H18BrN3.HI/c1-11-2-8-14(9-3-11)20-17(19)21-16-10-15(16)12-4-6-13(18)7-5-12;/h2-9,15-16H,10H2,1H3,(H3,19,20,21);1H. The molecule has 0 amide bonds. The van der Waals surface area contributed by atoms with Crippen LogP contribution in [0.2, 0.25) is 0 Å². The van der Waals surface area contributed by atoms with Gasteiger partial charge in [-0.05, 0) is 43.2 Å². The monoisotopic (exact) mass is 471 g/mol. The molecule has 1 aliphatic rings. The Kier molecular flexibility index (Phi) is 5.86. The quantitative estimate of drug-likeness (QED) is 0.388. The van der Waals surface area contributed by atoms with Crippen molar-refractivity contribution in [1.82, 2.24) is 0 Å². The zero-order valence-corrected chi connectivity index (χ0v) is 16.2. The number of nitrogens with one attached hydrogen (secondary N) is 1. The zero-order chi connectivity index (χ0) is 14.8. The molecule has 1 fully saturated rings. The van der Waals surface area contributed by atoms with Crippen molar-refractivity contribution >= 4 is 51.6 Å². The van der Waals surface area contributed by atoms with Gasteiger partial charge < -0.3 is 11.1 Å². The van der Waals surface area contributed by atoms with Crippen molar-refractivity contribution in [3.63, 3.8) is 0 Å². The molecule has 0 bridgehead atoms. The summed E-state index contributed by atoms with van der Waals surface area (Å²) in [6, 6.07) is 16.9. The Morgan fingerprint density at radius 1 is 1.14 bits per heavy atom. The Balaban J connectivity index is 0.00000176. The van der Waals surface area contributed by atoms with Gasteiger partial charge in [0.1, 0.15) is 0 Å². The summed E-state index contributed by atoms with van der Waals surface area (Å²) >= 11 is 3.45. The van der Waals surface area contributed by atoms with E-state index in [4.69, 9.17) is 5.73 Å². The highest BCUT2D eigenvalue weighted by Crippen LogP contribution is 2.43. The predicted octanol–water partition coefficient (Wildman–Crippen LogP) is 4.66. The summed E-state index contributed by atoms with van der Waals surface area (Å²) in [6.45, 7) is 2.06. The number of aryl methyl sites for hydroxylation is 1. The Labute approximate surface area is 156 Å². The van der Waals surface area contributed by atoms with Gasteiger partial charge in [0.15, 0.2) is 5.96 Å². The summed E-state index contributed by atoms with van der Waals surface area (Å²) in [4.78, 5) is 4.56. The van der Waals surface area contributed by atoms with E-state index >= 15 is 0 Å². The third kappa shape index (κ3) is 4.46. The summed E-state index contributed by atoms with van der Waals surface area (Å²) in [5, 5.41) is 3.14. The summed E-state index contributed by atoms with van der Waals surface area (Å²) in [5.74, 6) is 0.986. The topological polar surface area (TPSA) is 50.4 Å². The van der Waals surface area contributed by atoms with Crippen molar-refractivity contribution in [3.05, 3.63) is 64.1 Å². The van der Waals surface area contributed by atoms with E-state index in [1.165, 1.54) is 11.1 Å². The molecular formula is C17H19BrIN3. The van der Waals surface area contributed by atoms with Gasteiger partial charge in [-0.3, -0.25) is 0 Å². The van der Waals surface area contributed by atoms with Gasteiger partial charge in [0.05, 0.1) is 6.04 Å². The average molecular weight is 472 g/mol. The first-order valence-electron chi connectivity index (χ1n) is 7.04. The van der Waals surface area contributed by atoms with Crippen molar-refractivity contribution in [1.29, 1.82) is 0 Å². The Bertz CT molecular complexity index is 653. The van der Waals surface area contributed by atoms with E-state index in [-0.39, 0.29) is 24.0 Å². The SMILES string of the molecule is Cc1ccc(NC(N)=NC2CC2c2ccc(Br)cc2)cc1.I. The number of guanidine groups is 1. The van der Waals surface area contributed by atoms with Crippen LogP contribution in [0.3, 0.4) is 0 Å². The van der Waals surface area contributed by atoms with E-state index in [1.54, 1.807) is 0 Å². The summed E-state index contributed by atoms with van der Waals surface area (Å²) in [7, 11) is 0. The molecule has 2 atom stereocenters. The third-order valence-corrected chi connectivity index (χ3v) is 4.21. The van der Waals surface area contributed by atoms with Gasteiger partial charge in [0.25, 0.3) is 0 Å². The van der Waals surface area contributed by atoms with E-state index in [9.17, 15) is 0 Å². The van der Waals surface area contributed by atoms with Crippen molar-refractivity contribution in [2.75, 3.05) is 5.32 Å². The summed E-state index contributed by atoms with van der Waals surface area (Å²) < 4.78 is 1.10. The number of halogens is 2. The molecule has 1 aliphatic carbocycles. The molecule has 116 valence electrons. The molecule has 0 saturated heterocycles. The average Bonchev–Trinajstić information content (AvgIpc) is 3.21. The lowest BCUT2D eigenvalue weighted by atomic mass is 10.1. The van der Waals surface area contributed by atoms with E-state index in [1.807, 2.05) is 12.1 Å². The fourth-order valence-corrected chi connectivity index (χ4v) is 2.65. The van der Waals surface area contributed by atoms with Crippen molar-refractivity contribution in [2.45, 2.75) is 25.3 Å². The molecule has 3 rings (SSSR count). The number of anilines is 1. The molecule has 5 heteroatoms. The van der Waals surface area contributed by atoms with Crippen LogP contribution in [0.25, 0.3) is 0 Å². The smallest absolute Gasteiger partial charge is 0.193 e. The predicted molar refractivity (Wildman–Crippen MR) is 107 cm³/mol. The highest BCUT2D eigenvalue weighted by atomic mass is 127. The minimum atomic E-state index is 0. The van der Waals surface area contributed by atoms with E-state index in [0.717, 1.165) is 16.6 Å². The van der Waals surface area contributed by atoms with Gasteiger partial charge >= 0.3 is 0 Å². The normalized spacial score (nSPS) is 20.2. The number of hydrogen-bond donors (Lipinski definition) is 2. The fraction of sp³-hybridized carbons (Fsp3) is 0.235. The summed E-state index contributed by atoms with van der Waals surface area (Å²) in [6.07, 6.45) is 1.07. The van der Waals surface area contributed by atoms with Crippen LogP contribution in [0.5, 0.6) is 0 Å². The fourth-order valence-electron chi connectivity index (χ4n) is 2.39. The molecule has 0 aromatic heterocycles. The van der Waals surface area contributed by atoms with Crippen LogP contribution in [0.1, 0.15) is 23.5 Å². The van der Waals surface area contributed by atoms with E-state index in [2.05, 4.69) is 69.6 Å². The van der Waals surface area contributed by atoms with Crippen LogP contribution in [0.15, 0.2) is 58.0 Å². The Morgan fingerprint density at radius 3 is 2.41 bits per heavy atom. The molecule has 2 aromatic carbocycles. The lowest BCUT2D eigenvalue weighted by molar-refractivity contribution is 0.984. The Morgan fingerprint density at radius 2 is 1.77 bits per heavy atom. The maximum absolute atomic E-state index is 5.98. The lowest BCUT2D eigenvalue weighted by Gasteiger charge is -2.06. The lowest BCUT2D eigenvalue weighted by Crippen LogP contribution is -2.23. The van der Waals surface area contributed by atoms with Gasteiger partial charge in [-0.15, -0.1) is 24.0 Å². The van der Waals surface area contributed by atoms with Gasteiger partial charge in [0.2, 0.25) is 0 Å².